The maximum Gasteiger partial charge on any atom is 0.261 e. The van der Waals surface area contributed by atoms with Crippen molar-refractivity contribution in [3.63, 3.8) is 0 Å². The third-order valence-electron chi connectivity index (χ3n) is 4.17. The number of carbonyl (C=O) groups excluding carboxylic acids is 2. The minimum absolute atomic E-state index is 0.207. The molecule has 6 heteroatoms. The van der Waals surface area contributed by atoms with Gasteiger partial charge in [0.05, 0.1) is 22.2 Å². The van der Waals surface area contributed by atoms with Crippen LogP contribution in [0, 0.1) is 0 Å². The molecule has 0 saturated carbocycles. The van der Waals surface area contributed by atoms with Crippen LogP contribution in [0.2, 0.25) is 0 Å². The van der Waals surface area contributed by atoms with Crippen molar-refractivity contribution >= 4 is 34.6 Å². The van der Waals surface area contributed by atoms with Crippen LogP contribution >= 0.6 is 11.8 Å². The SMILES string of the molecule is Cn1c(SCCN2C(=O)c3ccccc3C2=O)nc2ccccc21. The van der Waals surface area contributed by atoms with Crippen LogP contribution in [0.5, 0.6) is 0 Å². The predicted molar refractivity (Wildman–Crippen MR) is 93.2 cm³/mol. The van der Waals surface area contributed by atoms with Gasteiger partial charge in [0.15, 0.2) is 5.16 Å². The molecule has 1 aromatic heterocycles. The van der Waals surface area contributed by atoms with Crippen molar-refractivity contribution in [1.82, 2.24) is 14.5 Å². The van der Waals surface area contributed by atoms with Gasteiger partial charge in [0, 0.05) is 19.3 Å². The number of imidazole rings is 1. The number of benzene rings is 2. The molecule has 0 N–H and O–H groups in total. The molecule has 0 radical (unpaired) electrons. The maximum absolute atomic E-state index is 12.3. The topological polar surface area (TPSA) is 55.2 Å². The van der Waals surface area contributed by atoms with Gasteiger partial charge in [-0.3, -0.25) is 14.5 Å². The summed E-state index contributed by atoms with van der Waals surface area (Å²) < 4.78 is 2.03. The third-order valence-corrected chi connectivity index (χ3v) is 5.18. The fraction of sp³-hybridized carbons (Fsp3) is 0.167. The molecule has 0 unspecified atom stereocenters. The summed E-state index contributed by atoms with van der Waals surface area (Å²) >= 11 is 1.55. The normalized spacial score (nSPS) is 13.8. The zero-order valence-corrected chi connectivity index (χ0v) is 13.9. The Labute approximate surface area is 143 Å². The minimum Gasteiger partial charge on any atom is -0.322 e. The van der Waals surface area contributed by atoms with Gasteiger partial charge in [-0.15, -0.1) is 0 Å². The number of nitrogens with zero attached hydrogens (tertiary/aromatic N) is 3. The highest BCUT2D eigenvalue weighted by Gasteiger charge is 2.34. The first-order valence-electron chi connectivity index (χ1n) is 7.66. The molecule has 24 heavy (non-hydrogen) atoms. The van der Waals surface area contributed by atoms with Gasteiger partial charge in [-0.1, -0.05) is 36.0 Å². The van der Waals surface area contributed by atoms with Crippen LogP contribution in [0.1, 0.15) is 20.7 Å². The number of imide groups is 1. The summed E-state index contributed by atoms with van der Waals surface area (Å²) in [6.07, 6.45) is 0. The summed E-state index contributed by atoms with van der Waals surface area (Å²) in [5, 5.41) is 0.882. The van der Waals surface area contributed by atoms with E-state index in [1.807, 2.05) is 35.9 Å². The standard InChI is InChI=1S/C18H15N3O2S/c1-20-15-9-5-4-8-14(15)19-18(20)24-11-10-21-16(22)12-6-2-3-7-13(12)17(21)23/h2-9H,10-11H2,1H3. The van der Waals surface area contributed by atoms with Crippen LogP contribution in [0.3, 0.4) is 0 Å². The van der Waals surface area contributed by atoms with Crippen molar-refractivity contribution < 1.29 is 9.59 Å². The largest absolute Gasteiger partial charge is 0.322 e. The van der Waals surface area contributed by atoms with Gasteiger partial charge < -0.3 is 4.57 Å². The number of aromatic nitrogens is 2. The lowest BCUT2D eigenvalue weighted by atomic mass is 10.1. The summed E-state index contributed by atoms with van der Waals surface area (Å²) in [5.74, 6) is 0.199. The zero-order valence-electron chi connectivity index (χ0n) is 13.1. The number of rotatable bonds is 4. The number of fused-ring (bicyclic) bond motifs is 2. The van der Waals surface area contributed by atoms with Crippen molar-refractivity contribution in [3.8, 4) is 0 Å². The molecule has 2 heterocycles. The van der Waals surface area contributed by atoms with Crippen LogP contribution in [0.4, 0.5) is 0 Å². The van der Waals surface area contributed by atoms with Crippen LogP contribution in [-0.2, 0) is 7.05 Å². The van der Waals surface area contributed by atoms with Crippen molar-refractivity contribution in [1.29, 1.82) is 0 Å². The molecule has 1 aliphatic rings. The first kappa shape index (κ1) is 15.0. The molecule has 0 bridgehead atoms. The number of amides is 2. The van der Waals surface area contributed by atoms with Gasteiger partial charge in [-0.25, -0.2) is 4.98 Å². The predicted octanol–water partition coefficient (Wildman–Crippen LogP) is 2.96. The quantitative estimate of drug-likeness (QED) is 0.542. The average molecular weight is 337 g/mol. The number of hydrogen-bond donors (Lipinski definition) is 0. The molecule has 120 valence electrons. The molecular weight excluding hydrogens is 322 g/mol. The van der Waals surface area contributed by atoms with Crippen molar-refractivity contribution in [3.05, 3.63) is 59.7 Å². The molecule has 0 saturated heterocycles. The first-order valence-corrected chi connectivity index (χ1v) is 8.65. The first-order chi connectivity index (χ1) is 11.7. The fourth-order valence-electron chi connectivity index (χ4n) is 2.92. The van der Waals surface area contributed by atoms with Crippen LogP contribution in [-0.4, -0.2) is 38.6 Å². The summed E-state index contributed by atoms with van der Waals surface area (Å²) in [6.45, 7) is 0.375. The Morgan fingerprint density at radius 3 is 2.25 bits per heavy atom. The van der Waals surface area contributed by atoms with E-state index in [4.69, 9.17) is 0 Å². The Balaban J connectivity index is 1.47. The van der Waals surface area contributed by atoms with E-state index in [2.05, 4.69) is 4.98 Å². The number of thioether (sulfide) groups is 1. The molecule has 0 aliphatic carbocycles. The van der Waals surface area contributed by atoms with E-state index in [-0.39, 0.29) is 11.8 Å². The van der Waals surface area contributed by atoms with Gasteiger partial charge in [0.25, 0.3) is 11.8 Å². The molecule has 1 aliphatic heterocycles. The van der Waals surface area contributed by atoms with Gasteiger partial charge in [0.1, 0.15) is 0 Å². The lowest BCUT2D eigenvalue weighted by molar-refractivity contribution is 0.0664. The van der Waals surface area contributed by atoms with E-state index >= 15 is 0 Å². The molecule has 2 aromatic carbocycles. The van der Waals surface area contributed by atoms with Crippen molar-refractivity contribution in [2.75, 3.05) is 12.3 Å². The van der Waals surface area contributed by atoms with Gasteiger partial charge in [0.2, 0.25) is 0 Å². The number of para-hydroxylation sites is 2. The van der Waals surface area contributed by atoms with Gasteiger partial charge in [-0.05, 0) is 24.3 Å². The van der Waals surface area contributed by atoms with E-state index in [1.165, 1.54) is 4.90 Å². The summed E-state index contributed by atoms with van der Waals surface area (Å²) in [7, 11) is 1.97. The Bertz CT molecular complexity index is 929. The number of aryl methyl sites for hydroxylation is 1. The van der Waals surface area contributed by atoms with Crippen LogP contribution in [0.25, 0.3) is 11.0 Å². The summed E-state index contributed by atoms with van der Waals surface area (Å²) in [5.41, 5.74) is 3.01. The second-order valence-corrected chi connectivity index (χ2v) is 6.66. The van der Waals surface area contributed by atoms with E-state index in [0.717, 1.165) is 16.2 Å². The number of hydrogen-bond acceptors (Lipinski definition) is 4. The second kappa shape index (κ2) is 5.79. The highest BCUT2D eigenvalue weighted by molar-refractivity contribution is 7.99. The Kier molecular flexibility index (Phi) is 3.61. The minimum atomic E-state index is -0.207. The molecule has 5 nitrogen and oxygen atoms in total. The highest BCUT2D eigenvalue weighted by Crippen LogP contribution is 2.25. The molecule has 4 rings (SSSR count). The molecule has 0 spiro atoms. The lowest BCUT2D eigenvalue weighted by Gasteiger charge is -2.13. The Morgan fingerprint density at radius 2 is 1.58 bits per heavy atom. The number of carbonyl (C=O) groups is 2. The Morgan fingerprint density at radius 1 is 0.958 bits per heavy atom. The van der Waals surface area contributed by atoms with Crippen LogP contribution in [0.15, 0.2) is 53.7 Å². The average Bonchev–Trinajstić information content (AvgIpc) is 3.05. The summed E-state index contributed by atoms with van der Waals surface area (Å²) in [4.78, 5) is 30.6. The molecule has 0 atom stereocenters. The summed E-state index contributed by atoms with van der Waals surface area (Å²) in [6, 6.07) is 14.9. The Hall–Kier alpha value is -2.60. The van der Waals surface area contributed by atoms with E-state index < -0.39 is 0 Å². The molecule has 3 aromatic rings. The fourth-order valence-corrected chi connectivity index (χ4v) is 3.83. The molecular formula is C18H15N3O2S. The zero-order chi connectivity index (χ0) is 16.7. The lowest BCUT2D eigenvalue weighted by Crippen LogP contribution is -2.31. The van der Waals surface area contributed by atoms with E-state index in [1.54, 1.807) is 36.0 Å². The third kappa shape index (κ3) is 2.30. The second-order valence-electron chi connectivity index (χ2n) is 5.60. The maximum atomic E-state index is 12.3. The van der Waals surface area contributed by atoms with E-state index in [0.29, 0.717) is 23.4 Å². The molecule has 2 amide bonds. The van der Waals surface area contributed by atoms with Gasteiger partial charge >= 0.3 is 0 Å². The van der Waals surface area contributed by atoms with Crippen molar-refractivity contribution in [2.45, 2.75) is 5.16 Å². The monoisotopic (exact) mass is 337 g/mol. The van der Waals surface area contributed by atoms with Gasteiger partial charge in [-0.2, -0.15) is 0 Å². The van der Waals surface area contributed by atoms with E-state index in [9.17, 15) is 9.59 Å². The van der Waals surface area contributed by atoms with Crippen LogP contribution < -0.4 is 0 Å². The molecule has 0 fully saturated rings. The van der Waals surface area contributed by atoms with Crippen molar-refractivity contribution in [2.24, 2.45) is 7.05 Å². The smallest absolute Gasteiger partial charge is 0.261 e. The highest BCUT2D eigenvalue weighted by atomic mass is 32.2.